The molecule has 5 N–H and O–H groups in total. The molecule has 1 rings (SSSR count). The maximum absolute atomic E-state index is 10.6. The van der Waals surface area contributed by atoms with Crippen molar-refractivity contribution in [3.63, 3.8) is 0 Å². The molecule has 0 aromatic rings. The standard InChI is InChI=1S/C8H13N3O3/c9-6-1-2-8(10,3-4-12)5-7(6)11(13)14/h1-2,12H,3-5,9-10H2. The summed E-state index contributed by atoms with van der Waals surface area (Å²) in [4.78, 5) is 10.0. The molecule has 0 bridgehead atoms. The Morgan fingerprint density at radius 1 is 1.71 bits per heavy atom. The highest BCUT2D eigenvalue weighted by Gasteiger charge is 2.32. The van der Waals surface area contributed by atoms with Gasteiger partial charge in [0.05, 0.1) is 11.3 Å². The third-order valence-corrected chi connectivity index (χ3v) is 2.22. The molecule has 1 aliphatic carbocycles. The quantitative estimate of drug-likeness (QED) is 0.417. The van der Waals surface area contributed by atoms with Crippen LogP contribution in [0, 0.1) is 10.1 Å². The summed E-state index contributed by atoms with van der Waals surface area (Å²) in [6, 6.07) is 0. The zero-order chi connectivity index (χ0) is 10.8. The van der Waals surface area contributed by atoms with Gasteiger partial charge in [-0.2, -0.15) is 0 Å². The molecule has 1 atom stereocenters. The van der Waals surface area contributed by atoms with Gasteiger partial charge in [-0.05, 0) is 12.5 Å². The summed E-state index contributed by atoms with van der Waals surface area (Å²) in [6.07, 6.45) is 3.37. The molecule has 0 aromatic heterocycles. The lowest BCUT2D eigenvalue weighted by Gasteiger charge is -2.26. The Balaban J connectivity index is 2.89. The van der Waals surface area contributed by atoms with Gasteiger partial charge in [0.1, 0.15) is 5.70 Å². The summed E-state index contributed by atoms with van der Waals surface area (Å²) < 4.78 is 0. The highest BCUT2D eigenvalue weighted by atomic mass is 16.6. The first-order chi connectivity index (χ1) is 6.48. The second-order valence-electron chi connectivity index (χ2n) is 3.38. The molecule has 0 saturated heterocycles. The third kappa shape index (κ3) is 2.09. The van der Waals surface area contributed by atoms with Gasteiger partial charge >= 0.3 is 0 Å². The molecule has 0 aromatic carbocycles. The lowest BCUT2D eigenvalue weighted by molar-refractivity contribution is -0.430. The Morgan fingerprint density at radius 2 is 2.36 bits per heavy atom. The number of nitro groups is 1. The van der Waals surface area contributed by atoms with Crippen molar-refractivity contribution in [1.82, 2.24) is 0 Å². The van der Waals surface area contributed by atoms with Crippen LogP contribution in [0.1, 0.15) is 12.8 Å². The second-order valence-corrected chi connectivity index (χ2v) is 3.38. The average molecular weight is 199 g/mol. The number of nitrogens with zero attached hydrogens (tertiary/aromatic N) is 1. The summed E-state index contributed by atoms with van der Waals surface area (Å²) in [5.74, 6) is 0. The van der Waals surface area contributed by atoms with Crippen molar-refractivity contribution in [3.05, 3.63) is 33.7 Å². The Hall–Kier alpha value is -1.40. The Kier molecular flexibility index (Phi) is 2.87. The number of rotatable bonds is 3. The smallest absolute Gasteiger partial charge is 0.271 e. The van der Waals surface area contributed by atoms with E-state index in [1.54, 1.807) is 6.08 Å². The molecule has 1 unspecified atom stereocenters. The Labute approximate surface area is 81.0 Å². The fourth-order valence-corrected chi connectivity index (χ4v) is 1.37. The van der Waals surface area contributed by atoms with Crippen LogP contribution in [0.2, 0.25) is 0 Å². The van der Waals surface area contributed by atoms with E-state index in [1.165, 1.54) is 6.08 Å². The molecule has 78 valence electrons. The summed E-state index contributed by atoms with van der Waals surface area (Å²) in [6.45, 7) is -0.105. The van der Waals surface area contributed by atoms with E-state index >= 15 is 0 Å². The molecule has 6 heteroatoms. The Bertz CT molecular complexity index is 311. The zero-order valence-corrected chi connectivity index (χ0v) is 7.64. The SMILES string of the molecule is NC1=C([N+](=O)[O-])CC(N)(CCO)C=C1. The van der Waals surface area contributed by atoms with Gasteiger partial charge in [-0.3, -0.25) is 10.1 Å². The molecule has 0 spiro atoms. The van der Waals surface area contributed by atoms with Crippen molar-refractivity contribution >= 4 is 0 Å². The highest BCUT2D eigenvalue weighted by Crippen LogP contribution is 2.25. The number of nitrogens with two attached hydrogens (primary N) is 2. The molecule has 0 saturated carbocycles. The Morgan fingerprint density at radius 3 is 2.86 bits per heavy atom. The zero-order valence-electron chi connectivity index (χ0n) is 7.64. The average Bonchev–Trinajstić information content (AvgIpc) is 2.10. The minimum atomic E-state index is -0.847. The van der Waals surface area contributed by atoms with E-state index in [0.29, 0.717) is 0 Å². The third-order valence-electron chi connectivity index (χ3n) is 2.22. The molecule has 0 aliphatic heterocycles. The molecule has 0 heterocycles. The summed E-state index contributed by atoms with van der Waals surface area (Å²) in [7, 11) is 0. The van der Waals surface area contributed by atoms with Crippen molar-refractivity contribution in [1.29, 1.82) is 0 Å². The van der Waals surface area contributed by atoms with Gasteiger partial charge in [-0.25, -0.2) is 0 Å². The molecule has 6 nitrogen and oxygen atoms in total. The first-order valence-corrected chi connectivity index (χ1v) is 4.20. The molecular weight excluding hydrogens is 186 g/mol. The minimum absolute atomic E-state index is 0.0584. The molecular formula is C8H13N3O3. The lowest BCUT2D eigenvalue weighted by Crippen LogP contribution is -2.42. The number of hydrogen-bond donors (Lipinski definition) is 3. The molecule has 1 aliphatic rings. The number of aliphatic hydroxyl groups is 1. The highest BCUT2D eigenvalue weighted by molar-refractivity contribution is 5.29. The normalized spacial score (nSPS) is 26.7. The van der Waals surface area contributed by atoms with Gasteiger partial charge in [-0.15, -0.1) is 0 Å². The molecule has 0 radical (unpaired) electrons. The molecule has 0 amide bonds. The number of allylic oxidation sites excluding steroid dienone is 1. The summed E-state index contributed by atoms with van der Waals surface area (Å²) >= 11 is 0. The number of hydrogen-bond acceptors (Lipinski definition) is 5. The predicted octanol–water partition coefficient (Wildman–Crippen LogP) is -0.527. The maximum atomic E-state index is 10.6. The second kappa shape index (κ2) is 3.77. The van der Waals surface area contributed by atoms with Crippen molar-refractivity contribution < 1.29 is 10.0 Å². The van der Waals surface area contributed by atoms with Crippen molar-refractivity contribution in [3.8, 4) is 0 Å². The fraction of sp³-hybridized carbons (Fsp3) is 0.500. The van der Waals surface area contributed by atoms with Crippen LogP contribution in [0.15, 0.2) is 23.5 Å². The van der Waals surface area contributed by atoms with Gasteiger partial charge in [0.15, 0.2) is 0 Å². The van der Waals surface area contributed by atoms with Crippen LogP contribution in [0.25, 0.3) is 0 Å². The summed E-state index contributed by atoms with van der Waals surface area (Å²) in [5, 5.41) is 19.3. The van der Waals surface area contributed by atoms with Crippen LogP contribution in [0.4, 0.5) is 0 Å². The van der Waals surface area contributed by atoms with E-state index in [4.69, 9.17) is 16.6 Å². The first kappa shape index (κ1) is 10.7. The largest absolute Gasteiger partial charge is 0.396 e. The minimum Gasteiger partial charge on any atom is -0.396 e. The summed E-state index contributed by atoms with van der Waals surface area (Å²) in [5.41, 5.74) is 10.5. The van der Waals surface area contributed by atoms with Gasteiger partial charge in [0, 0.05) is 12.1 Å². The van der Waals surface area contributed by atoms with E-state index in [2.05, 4.69) is 0 Å². The van der Waals surface area contributed by atoms with Crippen LogP contribution in [-0.2, 0) is 0 Å². The molecule has 0 fully saturated rings. The van der Waals surface area contributed by atoms with Crippen LogP contribution >= 0.6 is 0 Å². The van der Waals surface area contributed by atoms with Crippen LogP contribution in [0.3, 0.4) is 0 Å². The maximum Gasteiger partial charge on any atom is 0.271 e. The van der Waals surface area contributed by atoms with E-state index in [9.17, 15) is 10.1 Å². The lowest BCUT2D eigenvalue weighted by atomic mass is 9.87. The topological polar surface area (TPSA) is 115 Å². The van der Waals surface area contributed by atoms with Gasteiger partial charge in [0.25, 0.3) is 5.70 Å². The van der Waals surface area contributed by atoms with Gasteiger partial charge in [0.2, 0.25) is 0 Å². The van der Waals surface area contributed by atoms with Crippen LogP contribution in [-0.4, -0.2) is 22.2 Å². The monoisotopic (exact) mass is 199 g/mol. The van der Waals surface area contributed by atoms with E-state index in [-0.39, 0.29) is 30.8 Å². The van der Waals surface area contributed by atoms with Crippen LogP contribution in [0.5, 0.6) is 0 Å². The van der Waals surface area contributed by atoms with E-state index in [0.717, 1.165) is 0 Å². The van der Waals surface area contributed by atoms with Crippen LogP contribution < -0.4 is 11.5 Å². The van der Waals surface area contributed by atoms with Gasteiger partial charge < -0.3 is 16.6 Å². The number of aliphatic hydroxyl groups excluding tert-OH is 1. The predicted molar refractivity (Wildman–Crippen MR) is 50.6 cm³/mol. The molecule has 14 heavy (non-hydrogen) atoms. The van der Waals surface area contributed by atoms with E-state index < -0.39 is 10.5 Å². The van der Waals surface area contributed by atoms with Crippen molar-refractivity contribution in [2.45, 2.75) is 18.4 Å². The van der Waals surface area contributed by atoms with Crippen molar-refractivity contribution in [2.24, 2.45) is 11.5 Å². The van der Waals surface area contributed by atoms with E-state index in [1.807, 2.05) is 0 Å². The van der Waals surface area contributed by atoms with Gasteiger partial charge in [-0.1, -0.05) is 6.08 Å². The first-order valence-electron chi connectivity index (χ1n) is 4.20. The van der Waals surface area contributed by atoms with Crippen molar-refractivity contribution in [2.75, 3.05) is 6.61 Å². The fourth-order valence-electron chi connectivity index (χ4n) is 1.37.